The van der Waals surface area contributed by atoms with Crippen LogP contribution in [0.4, 0.5) is 0 Å². The minimum absolute atomic E-state index is 0. The van der Waals surface area contributed by atoms with Gasteiger partial charge in [-0.3, -0.25) is 0 Å². The van der Waals surface area contributed by atoms with E-state index in [1.807, 2.05) is 0 Å². The van der Waals surface area contributed by atoms with Gasteiger partial charge in [0.25, 0.3) is 0 Å². The highest BCUT2D eigenvalue weighted by atomic mass is 16.4. The number of hydrogen-bond acceptors (Lipinski definition) is 3. The molecule has 60 valence electrons. The third kappa shape index (κ3) is 1.05. The van der Waals surface area contributed by atoms with Crippen LogP contribution >= 0.6 is 0 Å². The van der Waals surface area contributed by atoms with Gasteiger partial charge in [0.2, 0.25) is 0 Å². The van der Waals surface area contributed by atoms with Gasteiger partial charge in [-0.25, -0.2) is 4.79 Å². The number of rotatable bonds is 0. The van der Waals surface area contributed by atoms with E-state index in [4.69, 9.17) is 9.52 Å². The van der Waals surface area contributed by atoms with E-state index >= 15 is 0 Å². The fourth-order valence-electron chi connectivity index (χ4n) is 1.05. The summed E-state index contributed by atoms with van der Waals surface area (Å²) in [5.41, 5.74) is -0.00407. The number of aromatic hydroxyl groups is 1. The number of phenolic OH excluding ortho intramolecular Hbond substituents is 1. The van der Waals surface area contributed by atoms with Crippen LogP contribution in [-0.2, 0) is 0 Å². The molecule has 0 aliphatic heterocycles. The van der Waals surface area contributed by atoms with Gasteiger partial charge in [0.15, 0.2) is 0 Å². The largest absolute Gasteiger partial charge is 1.00 e. The number of benzene rings is 1. The molecule has 2 rings (SSSR count). The Morgan fingerprint density at radius 2 is 2.00 bits per heavy atom. The van der Waals surface area contributed by atoms with E-state index in [1.54, 1.807) is 18.2 Å². The van der Waals surface area contributed by atoms with Crippen LogP contribution in [0.25, 0.3) is 11.0 Å². The number of phenols is 1. The molecule has 3 nitrogen and oxygen atoms in total. The standard InChI is InChI=1S/C9H6O3/c10-7-3-1-6-2-4-9(11)12-8(6)5-7/h1-5,10H/p+1. The second-order valence-electron chi connectivity index (χ2n) is 2.48. The molecule has 0 aliphatic rings. The second kappa shape index (κ2) is 2.37. The SMILES string of the molecule is O=c1ccc2ccc(O)cc2o1.[H+]. The molecule has 0 radical (unpaired) electrons. The van der Waals surface area contributed by atoms with Gasteiger partial charge in [-0.1, -0.05) is 0 Å². The van der Waals surface area contributed by atoms with Crippen molar-refractivity contribution in [3.8, 4) is 5.75 Å². The van der Waals surface area contributed by atoms with Crippen molar-refractivity contribution < 1.29 is 11.0 Å². The van der Waals surface area contributed by atoms with Crippen LogP contribution in [0.3, 0.4) is 0 Å². The number of hydrogen-bond donors (Lipinski definition) is 1. The molecule has 0 spiro atoms. The predicted octanol–water partition coefficient (Wildman–Crippen LogP) is 1.61. The highest BCUT2D eigenvalue weighted by molar-refractivity contribution is 5.77. The van der Waals surface area contributed by atoms with E-state index in [2.05, 4.69) is 0 Å². The van der Waals surface area contributed by atoms with Crippen molar-refractivity contribution >= 4 is 11.0 Å². The molecular formula is C9H7O3+. The molecule has 2 aromatic rings. The first-order chi connectivity index (χ1) is 5.75. The Morgan fingerprint density at radius 1 is 1.25 bits per heavy atom. The Morgan fingerprint density at radius 3 is 2.83 bits per heavy atom. The van der Waals surface area contributed by atoms with Gasteiger partial charge in [0, 0.05) is 17.5 Å². The third-order valence-corrected chi connectivity index (χ3v) is 1.61. The lowest BCUT2D eigenvalue weighted by atomic mass is 10.2. The Hall–Kier alpha value is -1.77. The van der Waals surface area contributed by atoms with Crippen molar-refractivity contribution in [3.63, 3.8) is 0 Å². The molecule has 1 N–H and O–H groups in total. The summed E-state index contributed by atoms with van der Waals surface area (Å²) in [6, 6.07) is 7.65. The van der Waals surface area contributed by atoms with Crippen LogP contribution in [0, 0.1) is 0 Å². The van der Waals surface area contributed by atoms with Crippen molar-refractivity contribution in [2.24, 2.45) is 0 Å². The average molecular weight is 163 g/mol. The predicted molar refractivity (Wildman–Crippen MR) is 45.3 cm³/mol. The molecule has 0 amide bonds. The van der Waals surface area contributed by atoms with Gasteiger partial charge in [0.05, 0.1) is 0 Å². The summed E-state index contributed by atoms with van der Waals surface area (Å²) < 4.78 is 4.83. The van der Waals surface area contributed by atoms with Crippen molar-refractivity contribution in [2.45, 2.75) is 0 Å². The van der Waals surface area contributed by atoms with Crippen LogP contribution in [0.1, 0.15) is 1.43 Å². The first kappa shape index (κ1) is 6.91. The topological polar surface area (TPSA) is 50.4 Å². The molecule has 0 saturated heterocycles. The summed E-state index contributed by atoms with van der Waals surface area (Å²) in [6.45, 7) is 0. The van der Waals surface area contributed by atoms with Crippen LogP contribution < -0.4 is 5.63 Å². The fraction of sp³-hybridized carbons (Fsp3) is 0. The van der Waals surface area contributed by atoms with Crippen molar-refractivity contribution in [1.82, 2.24) is 0 Å². The summed E-state index contributed by atoms with van der Waals surface area (Å²) in [4.78, 5) is 10.7. The molecule has 0 unspecified atom stereocenters. The Kier molecular flexibility index (Phi) is 1.37. The molecule has 0 saturated carbocycles. The summed E-state index contributed by atoms with van der Waals surface area (Å²) in [5.74, 6) is 0.0943. The zero-order valence-corrected chi connectivity index (χ0v) is 6.15. The molecule has 0 atom stereocenters. The smallest absolute Gasteiger partial charge is 0.508 e. The highest BCUT2D eigenvalue weighted by Crippen LogP contribution is 2.17. The average Bonchev–Trinajstić information content (AvgIpc) is 2.03. The van der Waals surface area contributed by atoms with Crippen LogP contribution in [-0.4, -0.2) is 5.11 Å². The summed E-state index contributed by atoms with van der Waals surface area (Å²) in [5, 5.41) is 9.86. The maximum atomic E-state index is 10.7. The first-order valence-electron chi connectivity index (χ1n) is 3.48. The lowest BCUT2D eigenvalue weighted by Crippen LogP contribution is -1.93. The van der Waals surface area contributed by atoms with Gasteiger partial charge in [-0.2, -0.15) is 0 Å². The molecule has 0 aliphatic carbocycles. The Balaban J connectivity index is 0.000000845. The quantitative estimate of drug-likeness (QED) is 0.600. The third-order valence-electron chi connectivity index (χ3n) is 1.61. The molecule has 12 heavy (non-hydrogen) atoms. The lowest BCUT2D eigenvalue weighted by molar-refractivity contribution is 0.473. The summed E-state index contributed by atoms with van der Waals surface area (Å²) in [7, 11) is 0. The fourth-order valence-corrected chi connectivity index (χ4v) is 1.05. The Bertz CT molecular complexity index is 475. The molecule has 1 heterocycles. The van der Waals surface area contributed by atoms with E-state index in [0.29, 0.717) is 5.58 Å². The van der Waals surface area contributed by atoms with Crippen molar-refractivity contribution in [1.29, 1.82) is 0 Å². The van der Waals surface area contributed by atoms with Gasteiger partial charge in [0.1, 0.15) is 11.3 Å². The van der Waals surface area contributed by atoms with Crippen LogP contribution in [0.5, 0.6) is 5.75 Å². The van der Waals surface area contributed by atoms with E-state index in [-0.39, 0.29) is 7.18 Å². The molecule has 3 heteroatoms. The highest BCUT2D eigenvalue weighted by Gasteiger charge is 1.96. The molecular weight excluding hydrogens is 156 g/mol. The monoisotopic (exact) mass is 163 g/mol. The minimum Gasteiger partial charge on any atom is -0.508 e. The van der Waals surface area contributed by atoms with Crippen LogP contribution in [0.2, 0.25) is 0 Å². The first-order valence-corrected chi connectivity index (χ1v) is 3.48. The maximum Gasteiger partial charge on any atom is 1.00 e. The number of fused-ring (bicyclic) bond motifs is 1. The molecule has 1 aromatic carbocycles. The van der Waals surface area contributed by atoms with E-state index < -0.39 is 5.63 Å². The molecule has 1 aromatic heterocycles. The van der Waals surface area contributed by atoms with Crippen LogP contribution in [0.15, 0.2) is 39.5 Å². The molecule has 0 fully saturated rings. The minimum atomic E-state index is -0.409. The summed E-state index contributed by atoms with van der Waals surface area (Å²) >= 11 is 0. The maximum absolute atomic E-state index is 10.7. The molecule has 0 bridgehead atoms. The zero-order valence-electron chi connectivity index (χ0n) is 7.15. The van der Waals surface area contributed by atoms with E-state index in [9.17, 15) is 4.79 Å². The van der Waals surface area contributed by atoms with Gasteiger partial charge >= 0.3 is 7.05 Å². The van der Waals surface area contributed by atoms with Gasteiger partial charge < -0.3 is 9.52 Å². The van der Waals surface area contributed by atoms with E-state index in [1.165, 1.54) is 12.1 Å². The van der Waals surface area contributed by atoms with E-state index in [0.717, 1.165) is 5.39 Å². The van der Waals surface area contributed by atoms with Crippen molar-refractivity contribution in [3.05, 3.63) is 40.8 Å². The zero-order chi connectivity index (χ0) is 8.55. The Labute approximate surface area is 69.4 Å². The van der Waals surface area contributed by atoms with Gasteiger partial charge in [-0.05, 0) is 18.2 Å². The second-order valence-corrected chi connectivity index (χ2v) is 2.48. The normalized spacial score (nSPS) is 10.3. The van der Waals surface area contributed by atoms with Gasteiger partial charge in [-0.15, -0.1) is 0 Å². The van der Waals surface area contributed by atoms with Crippen molar-refractivity contribution in [2.75, 3.05) is 0 Å². The lowest BCUT2D eigenvalue weighted by Gasteiger charge is -1.94. The summed E-state index contributed by atoms with van der Waals surface area (Å²) in [6.07, 6.45) is 0.